The Bertz CT molecular complexity index is 806. The number of ether oxygens (including phenoxy) is 3. The second kappa shape index (κ2) is 7.99. The maximum absolute atomic E-state index is 12.9. The maximum atomic E-state index is 12.9. The van der Waals surface area contributed by atoms with Crippen molar-refractivity contribution in [3.8, 4) is 17.2 Å². The monoisotopic (exact) mass is 419 g/mol. The van der Waals surface area contributed by atoms with Gasteiger partial charge in [-0.05, 0) is 57.7 Å². The van der Waals surface area contributed by atoms with E-state index in [1.54, 1.807) is 13.2 Å². The summed E-state index contributed by atoms with van der Waals surface area (Å²) in [6.45, 7) is 5.23. The third kappa shape index (κ3) is 3.96. The highest BCUT2D eigenvalue weighted by Gasteiger charge is 2.23. The Balaban J connectivity index is 1.86. The Hall–Kier alpha value is -2.21. The second-order valence-electron chi connectivity index (χ2n) is 6.44. The fraction of sp³-hybridized carbons (Fsp3) is 0.350. The molecule has 0 fully saturated rings. The molecule has 3 rings (SSSR count). The Labute approximate surface area is 161 Å². The van der Waals surface area contributed by atoms with E-state index in [0.717, 1.165) is 21.5 Å². The summed E-state index contributed by atoms with van der Waals surface area (Å²) in [5.41, 5.74) is 1.52. The van der Waals surface area contributed by atoms with Gasteiger partial charge in [0.2, 0.25) is 0 Å². The van der Waals surface area contributed by atoms with Crippen molar-refractivity contribution >= 4 is 21.8 Å². The molecule has 2 aromatic carbocycles. The van der Waals surface area contributed by atoms with E-state index >= 15 is 0 Å². The van der Waals surface area contributed by atoms with Gasteiger partial charge in [0.05, 0.1) is 18.7 Å². The SMILES string of the molecule is COc1ccc(Br)c(C(=O)NC(c2ccc3c(c2)OCCO3)C(C)C)c1. The van der Waals surface area contributed by atoms with Crippen LogP contribution in [0.15, 0.2) is 40.9 Å². The lowest BCUT2D eigenvalue weighted by atomic mass is 9.95. The number of hydrogen-bond acceptors (Lipinski definition) is 4. The summed E-state index contributed by atoms with van der Waals surface area (Å²) in [6, 6.07) is 11.0. The molecular weight excluding hydrogens is 398 g/mol. The summed E-state index contributed by atoms with van der Waals surface area (Å²) in [7, 11) is 1.58. The first-order valence-corrected chi connectivity index (χ1v) is 9.33. The first-order chi connectivity index (χ1) is 12.5. The van der Waals surface area contributed by atoms with Crippen LogP contribution in [0.4, 0.5) is 0 Å². The van der Waals surface area contributed by atoms with Crippen LogP contribution < -0.4 is 19.5 Å². The molecule has 0 aromatic heterocycles. The third-order valence-corrected chi connectivity index (χ3v) is 4.99. The van der Waals surface area contributed by atoms with Gasteiger partial charge in [-0.25, -0.2) is 0 Å². The Morgan fingerprint density at radius 1 is 1.12 bits per heavy atom. The summed E-state index contributed by atoms with van der Waals surface area (Å²) in [5, 5.41) is 3.13. The average Bonchev–Trinajstić information content (AvgIpc) is 2.65. The lowest BCUT2D eigenvalue weighted by molar-refractivity contribution is 0.0924. The zero-order chi connectivity index (χ0) is 18.7. The Kier molecular flexibility index (Phi) is 5.71. The van der Waals surface area contributed by atoms with Gasteiger partial charge in [-0.1, -0.05) is 19.9 Å². The van der Waals surface area contributed by atoms with Gasteiger partial charge in [-0.15, -0.1) is 0 Å². The van der Waals surface area contributed by atoms with Crippen LogP contribution in [0.3, 0.4) is 0 Å². The molecule has 1 aliphatic heterocycles. The van der Waals surface area contributed by atoms with Gasteiger partial charge in [-0.3, -0.25) is 4.79 Å². The lowest BCUT2D eigenvalue weighted by Crippen LogP contribution is -2.32. The van der Waals surface area contributed by atoms with E-state index in [1.165, 1.54) is 0 Å². The van der Waals surface area contributed by atoms with Gasteiger partial charge in [0.25, 0.3) is 5.91 Å². The Morgan fingerprint density at radius 3 is 2.54 bits per heavy atom. The number of fused-ring (bicyclic) bond motifs is 1. The molecule has 1 aliphatic rings. The average molecular weight is 420 g/mol. The molecule has 0 radical (unpaired) electrons. The summed E-state index contributed by atoms with van der Waals surface area (Å²) < 4.78 is 17.2. The summed E-state index contributed by atoms with van der Waals surface area (Å²) in [4.78, 5) is 12.9. The van der Waals surface area contributed by atoms with Crippen molar-refractivity contribution in [3.05, 3.63) is 52.0 Å². The predicted molar refractivity (Wildman–Crippen MR) is 103 cm³/mol. The van der Waals surface area contributed by atoms with E-state index in [4.69, 9.17) is 14.2 Å². The van der Waals surface area contributed by atoms with Crippen LogP contribution in [0.1, 0.15) is 35.8 Å². The smallest absolute Gasteiger partial charge is 0.253 e. The summed E-state index contributed by atoms with van der Waals surface area (Å²) >= 11 is 3.44. The number of methoxy groups -OCH3 is 1. The molecule has 1 amide bonds. The van der Waals surface area contributed by atoms with Crippen molar-refractivity contribution in [2.45, 2.75) is 19.9 Å². The van der Waals surface area contributed by atoms with Crippen molar-refractivity contribution in [1.29, 1.82) is 0 Å². The molecule has 26 heavy (non-hydrogen) atoms. The largest absolute Gasteiger partial charge is 0.497 e. The number of nitrogens with one attached hydrogen (secondary N) is 1. The molecule has 1 unspecified atom stereocenters. The van der Waals surface area contributed by atoms with Crippen LogP contribution in [0.2, 0.25) is 0 Å². The summed E-state index contributed by atoms with van der Waals surface area (Å²) in [5.74, 6) is 2.13. The standard InChI is InChI=1S/C20H22BrNO4/c1-12(2)19(13-4-7-17-18(10-13)26-9-8-25-17)22-20(23)15-11-14(24-3)5-6-16(15)21/h4-7,10-12,19H,8-9H2,1-3H3,(H,22,23). The number of hydrogen-bond donors (Lipinski definition) is 1. The third-order valence-electron chi connectivity index (χ3n) is 4.30. The minimum absolute atomic E-state index is 0.156. The van der Waals surface area contributed by atoms with Gasteiger partial charge in [0.15, 0.2) is 11.5 Å². The number of halogens is 1. The van der Waals surface area contributed by atoms with Crippen LogP contribution in [-0.2, 0) is 0 Å². The maximum Gasteiger partial charge on any atom is 0.253 e. The quantitative estimate of drug-likeness (QED) is 0.781. The van der Waals surface area contributed by atoms with Crippen LogP contribution in [0, 0.1) is 5.92 Å². The van der Waals surface area contributed by atoms with E-state index in [0.29, 0.717) is 24.5 Å². The van der Waals surface area contributed by atoms with Gasteiger partial charge in [0.1, 0.15) is 19.0 Å². The number of amides is 1. The molecule has 0 saturated heterocycles. The first-order valence-electron chi connectivity index (χ1n) is 8.53. The van der Waals surface area contributed by atoms with Gasteiger partial charge in [-0.2, -0.15) is 0 Å². The fourth-order valence-corrected chi connectivity index (χ4v) is 3.34. The minimum atomic E-state index is -0.163. The Morgan fingerprint density at radius 2 is 1.85 bits per heavy atom. The topological polar surface area (TPSA) is 56.8 Å². The van der Waals surface area contributed by atoms with Crippen molar-refractivity contribution in [2.75, 3.05) is 20.3 Å². The fourth-order valence-electron chi connectivity index (χ4n) is 2.91. The molecule has 138 valence electrons. The van der Waals surface area contributed by atoms with Crippen LogP contribution in [-0.4, -0.2) is 26.2 Å². The highest BCUT2D eigenvalue weighted by Crippen LogP contribution is 2.34. The molecule has 1 heterocycles. The van der Waals surface area contributed by atoms with Crippen molar-refractivity contribution in [1.82, 2.24) is 5.32 Å². The van der Waals surface area contributed by atoms with Crippen LogP contribution >= 0.6 is 15.9 Å². The molecular formula is C20H22BrNO4. The van der Waals surface area contributed by atoms with Crippen molar-refractivity contribution in [2.24, 2.45) is 5.92 Å². The van der Waals surface area contributed by atoms with E-state index in [1.807, 2.05) is 30.3 Å². The van der Waals surface area contributed by atoms with Crippen molar-refractivity contribution in [3.63, 3.8) is 0 Å². The summed E-state index contributed by atoms with van der Waals surface area (Å²) in [6.07, 6.45) is 0. The van der Waals surface area contributed by atoms with E-state index in [2.05, 4.69) is 35.1 Å². The predicted octanol–water partition coefficient (Wildman–Crippen LogP) is 4.36. The molecule has 2 aromatic rings. The van der Waals surface area contributed by atoms with Crippen LogP contribution in [0.25, 0.3) is 0 Å². The van der Waals surface area contributed by atoms with Gasteiger partial charge < -0.3 is 19.5 Å². The highest BCUT2D eigenvalue weighted by molar-refractivity contribution is 9.10. The molecule has 0 bridgehead atoms. The zero-order valence-electron chi connectivity index (χ0n) is 15.0. The first kappa shape index (κ1) is 18.6. The van der Waals surface area contributed by atoms with Gasteiger partial charge in [0, 0.05) is 4.47 Å². The van der Waals surface area contributed by atoms with Gasteiger partial charge >= 0.3 is 0 Å². The number of carbonyl (C=O) groups is 1. The second-order valence-corrected chi connectivity index (χ2v) is 7.30. The lowest BCUT2D eigenvalue weighted by Gasteiger charge is -2.25. The molecule has 0 spiro atoms. The van der Waals surface area contributed by atoms with Crippen LogP contribution in [0.5, 0.6) is 17.2 Å². The van der Waals surface area contributed by atoms with Crippen molar-refractivity contribution < 1.29 is 19.0 Å². The van der Waals surface area contributed by atoms with E-state index in [-0.39, 0.29) is 17.9 Å². The molecule has 6 heteroatoms. The number of rotatable bonds is 5. The number of carbonyl (C=O) groups excluding carboxylic acids is 1. The molecule has 1 N–H and O–H groups in total. The molecule has 5 nitrogen and oxygen atoms in total. The minimum Gasteiger partial charge on any atom is -0.497 e. The number of benzene rings is 2. The zero-order valence-corrected chi connectivity index (χ0v) is 16.6. The van der Waals surface area contributed by atoms with E-state index in [9.17, 15) is 4.79 Å². The molecule has 0 saturated carbocycles. The normalized spacial score (nSPS) is 14.0. The molecule has 0 aliphatic carbocycles. The highest BCUT2D eigenvalue weighted by atomic mass is 79.9. The molecule has 1 atom stereocenters. The van der Waals surface area contributed by atoms with E-state index < -0.39 is 0 Å².